The summed E-state index contributed by atoms with van der Waals surface area (Å²) >= 11 is 0. The number of carbonyl (C=O) groups excluding carboxylic acids is 2. The van der Waals surface area contributed by atoms with Gasteiger partial charge >= 0.3 is 0 Å². The van der Waals surface area contributed by atoms with Crippen LogP contribution in [0.15, 0.2) is 34.6 Å². The molecule has 0 spiro atoms. The van der Waals surface area contributed by atoms with Crippen molar-refractivity contribution < 1.29 is 19.8 Å². The maximum atomic E-state index is 12.9. The van der Waals surface area contributed by atoms with E-state index in [0.717, 1.165) is 12.8 Å². The van der Waals surface area contributed by atoms with E-state index < -0.39 is 22.2 Å². The zero-order chi connectivity index (χ0) is 18.1. The first-order valence-corrected chi connectivity index (χ1v) is 8.66. The minimum absolute atomic E-state index is 0.0476. The number of rotatable bonds is 1. The van der Waals surface area contributed by atoms with Crippen LogP contribution in [0, 0.1) is 16.7 Å². The van der Waals surface area contributed by atoms with Crippen molar-refractivity contribution in [3.63, 3.8) is 0 Å². The van der Waals surface area contributed by atoms with Crippen LogP contribution in [0.25, 0.3) is 0 Å². The highest BCUT2D eigenvalue weighted by molar-refractivity contribution is 6.12. The van der Waals surface area contributed by atoms with Gasteiger partial charge in [0, 0.05) is 22.0 Å². The van der Waals surface area contributed by atoms with Crippen molar-refractivity contribution in [2.24, 2.45) is 16.7 Å². The molecule has 3 aliphatic carbocycles. The van der Waals surface area contributed by atoms with Crippen LogP contribution < -0.4 is 0 Å². The number of aliphatic hydroxyl groups is 2. The van der Waals surface area contributed by atoms with Gasteiger partial charge in [-0.15, -0.1) is 0 Å². The topological polar surface area (TPSA) is 74.6 Å². The highest BCUT2D eigenvalue weighted by Crippen LogP contribution is 2.62. The Morgan fingerprint density at radius 1 is 1.08 bits per heavy atom. The van der Waals surface area contributed by atoms with E-state index in [2.05, 4.69) is 0 Å². The SMILES string of the molecule is CC(C)C1=CC2=CC(=O)C3(O)C(C)(C)CCCC3(C)C2=C(O)C1=O. The predicted molar refractivity (Wildman–Crippen MR) is 91.4 cm³/mol. The molecule has 4 nitrogen and oxygen atoms in total. The third-order valence-corrected chi connectivity index (χ3v) is 6.39. The molecule has 0 amide bonds. The van der Waals surface area contributed by atoms with Crippen LogP contribution in [0.4, 0.5) is 0 Å². The molecule has 130 valence electrons. The van der Waals surface area contributed by atoms with Gasteiger partial charge in [-0.1, -0.05) is 41.0 Å². The highest BCUT2D eigenvalue weighted by atomic mass is 16.3. The molecule has 24 heavy (non-hydrogen) atoms. The fourth-order valence-corrected chi connectivity index (χ4v) is 4.96. The molecular weight excluding hydrogens is 304 g/mol. The zero-order valence-electron chi connectivity index (χ0n) is 15.1. The summed E-state index contributed by atoms with van der Waals surface area (Å²) in [5, 5.41) is 22.2. The van der Waals surface area contributed by atoms with E-state index in [-0.39, 0.29) is 17.5 Å². The normalized spacial score (nSPS) is 35.5. The molecule has 0 aliphatic heterocycles. The Morgan fingerprint density at radius 3 is 2.29 bits per heavy atom. The average Bonchev–Trinajstić information content (AvgIpc) is 2.46. The van der Waals surface area contributed by atoms with Crippen LogP contribution in [-0.2, 0) is 9.59 Å². The first-order chi connectivity index (χ1) is 11.0. The average molecular weight is 330 g/mol. The molecule has 2 N–H and O–H groups in total. The van der Waals surface area contributed by atoms with E-state index in [1.54, 1.807) is 6.08 Å². The van der Waals surface area contributed by atoms with E-state index in [1.807, 2.05) is 34.6 Å². The van der Waals surface area contributed by atoms with Gasteiger partial charge in [0.15, 0.2) is 11.5 Å². The number of carbonyl (C=O) groups is 2. The molecule has 4 heteroatoms. The molecule has 0 saturated heterocycles. The Hall–Kier alpha value is -1.68. The zero-order valence-corrected chi connectivity index (χ0v) is 15.1. The third-order valence-electron chi connectivity index (χ3n) is 6.39. The van der Waals surface area contributed by atoms with Crippen molar-refractivity contribution in [3.8, 4) is 0 Å². The van der Waals surface area contributed by atoms with Gasteiger partial charge in [0.1, 0.15) is 5.60 Å². The van der Waals surface area contributed by atoms with Gasteiger partial charge in [0.25, 0.3) is 0 Å². The second-order valence-electron chi connectivity index (χ2n) is 8.55. The van der Waals surface area contributed by atoms with Crippen molar-refractivity contribution >= 4 is 11.6 Å². The molecule has 1 saturated carbocycles. The first kappa shape index (κ1) is 17.2. The molecular formula is C20H26O4. The highest BCUT2D eigenvalue weighted by Gasteiger charge is 2.66. The van der Waals surface area contributed by atoms with Gasteiger partial charge < -0.3 is 10.2 Å². The number of ketones is 2. The molecule has 2 unspecified atom stereocenters. The number of aliphatic hydroxyl groups excluding tert-OH is 1. The molecule has 0 heterocycles. The van der Waals surface area contributed by atoms with Crippen LogP contribution in [-0.4, -0.2) is 27.4 Å². The lowest BCUT2D eigenvalue weighted by molar-refractivity contribution is -0.182. The Kier molecular flexibility index (Phi) is 3.51. The summed E-state index contributed by atoms with van der Waals surface area (Å²) in [4.78, 5) is 25.6. The van der Waals surface area contributed by atoms with Crippen molar-refractivity contribution in [1.29, 1.82) is 0 Å². The maximum Gasteiger partial charge on any atom is 0.223 e. The Bertz CT molecular complexity index is 735. The molecule has 0 bridgehead atoms. The Balaban J connectivity index is 2.31. The van der Waals surface area contributed by atoms with Crippen LogP contribution in [0.2, 0.25) is 0 Å². The minimum Gasteiger partial charge on any atom is -0.504 e. The quantitative estimate of drug-likeness (QED) is 0.772. The summed E-state index contributed by atoms with van der Waals surface area (Å²) in [7, 11) is 0. The monoisotopic (exact) mass is 330 g/mol. The van der Waals surface area contributed by atoms with Gasteiger partial charge in [-0.05, 0) is 36.5 Å². The number of hydrogen-bond donors (Lipinski definition) is 2. The molecule has 0 aromatic rings. The molecule has 0 aromatic heterocycles. The number of allylic oxidation sites excluding steroid dienone is 3. The summed E-state index contributed by atoms with van der Waals surface area (Å²) in [5.74, 6) is -1.07. The molecule has 0 aromatic carbocycles. The number of hydrogen-bond acceptors (Lipinski definition) is 4. The van der Waals surface area contributed by atoms with E-state index in [9.17, 15) is 19.8 Å². The fraction of sp³-hybridized carbons (Fsp3) is 0.600. The van der Waals surface area contributed by atoms with Gasteiger partial charge in [-0.3, -0.25) is 9.59 Å². The van der Waals surface area contributed by atoms with E-state index in [0.29, 0.717) is 23.1 Å². The lowest BCUT2D eigenvalue weighted by Gasteiger charge is -2.59. The lowest BCUT2D eigenvalue weighted by atomic mass is 9.46. The first-order valence-electron chi connectivity index (χ1n) is 8.66. The summed E-state index contributed by atoms with van der Waals surface area (Å²) in [5.41, 5.74) is -1.70. The van der Waals surface area contributed by atoms with Crippen LogP contribution >= 0.6 is 0 Å². The van der Waals surface area contributed by atoms with E-state index in [4.69, 9.17) is 0 Å². The standard InChI is InChI=1S/C20H26O4/c1-11(2)13-9-12-10-14(21)20(24)18(3,4)7-6-8-19(20,5)15(12)17(23)16(13)22/h9-11,23-24H,6-8H2,1-5H3. The molecule has 1 fully saturated rings. The summed E-state index contributed by atoms with van der Waals surface area (Å²) in [6, 6.07) is 0. The second-order valence-corrected chi connectivity index (χ2v) is 8.55. The second kappa shape index (κ2) is 4.92. The van der Waals surface area contributed by atoms with Crippen molar-refractivity contribution in [1.82, 2.24) is 0 Å². The van der Waals surface area contributed by atoms with Crippen molar-refractivity contribution in [2.45, 2.75) is 59.5 Å². The Labute approximate surface area is 142 Å². The minimum atomic E-state index is -1.62. The van der Waals surface area contributed by atoms with Crippen LogP contribution in [0.3, 0.4) is 0 Å². The van der Waals surface area contributed by atoms with Gasteiger partial charge in [0.05, 0.1) is 0 Å². The largest absolute Gasteiger partial charge is 0.504 e. The fourth-order valence-electron chi connectivity index (χ4n) is 4.96. The predicted octanol–water partition coefficient (Wildman–Crippen LogP) is 3.42. The molecule has 3 aliphatic rings. The Morgan fingerprint density at radius 2 is 1.71 bits per heavy atom. The van der Waals surface area contributed by atoms with Crippen LogP contribution in [0.5, 0.6) is 0 Å². The van der Waals surface area contributed by atoms with Gasteiger partial charge in [-0.2, -0.15) is 0 Å². The molecule has 0 radical (unpaired) electrons. The summed E-state index contributed by atoms with van der Waals surface area (Å²) in [6.45, 7) is 9.35. The van der Waals surface area contributed by atoms with Crippen molar-refractivity contribution in [2.75, 3.05) is 0 Å². The lowest BCUT2D eigenvalue weighted by Crippen LogP contribution is -2.66. The van der Waals surface area contributed by atoms with E-state index >= 15 is 0 Å². The smallest absolute Gasteiger partial charge is 0.223 e. The number of Topliss-reactive ketones (excluding diaryl/α,β-unsaturated/α-hetero) is 1. The summed E-state index contributed by atoms with van der Waals surface area (Å²) < 4.78 is 0. The van der Waals surface area contributed by atoms with E-state index in [1.165, 1.54) is 6.08 Å². The van der Waals surface area contributed by atoms with Crippen molar-refractivity contribution in [3.05, 3.63) is 34.6 Å². The van der Waals surface area contributed by atoms with Gasteiger partial charge in [0.2, 0.25) is 5.78 Å². The maximum absolute atomic E-state index is 12.9. The molecule has 3 rings (SSSR count). The summed E-state index contributed by atoms with van der Waals surface area (Å²) in [6.07, 6.45) is 5.25. The number of fused-ring (bicyclic) bond motifs is 3. The van der Waals surface area contributed by atoms with Gasteiger partial charge in [-0.25, -0.2) is 0 Å². The third kappa shape index (κ3) is 1.83. The molecule has 2 atom stereocenters. The van der Waals surface area contributed by atoms with Crippen LogP contribution in [0.1, 0.15) is 53.9 Å².